The molecule has 0 saturated heterocycles. The summed E-state index contributed by atoms with van der Waals surface area (Å²) in [5.74, 6) is 0.156. The van der Waals surface area contributed by atoms with Crippen molar-refractivity contribution in [3.05, 3.63) is 53.9 Å². The van der Waals surface area contributed by atoms with Crippen LogP contribution in [0.15, 0.2) is 42.6 Å². The normalized spacial score (nSPS) is 10.4. The van der Waals surface area contributed by atoms with Crippen molar-refractivity contribution in [2.24, 2.45) is 0 Å². The summed E-state index contributed by atoms with van der Waals surface area (Å²) >= 11 is 0. The molecule has 0 aliphatic heterocycles. The second kappa shape index (κ2) is 8.82. The fourth-order valence-corrected chi connectivity index (χ4v) is 2.12. The van der Waals surface area contributed by atoms with Crippen LogP contribution >= 0.6 is 0 Å². The van der Waals surface area contributed by atoms with Gasteiger partial charge in [-0.25, -0.2) is 0 Å². The Kier molecular flexibility index (Phi) is 6.51. The summed E-state index contributed by atoms with van der Waals surface area (Å²) in [5, 5.41) is 5.53. The second-order valence-electron chi connectivity index (χ2n) is 5.83. The van der Waals surface area contributed by atoms with E-state index in [-0.39, 0.29) is 23.6 Å². The van der Waals surface area contributed by atoms with Crippen molar-refractivity contribution in [2.45, 2.75) is 33.3 Å². The molecule has 0 spiro atoms. The Hall–Kier alpha value is -2.89. The van der Waals surface area contributed by atoms with Crippen molar-refractivity contribution in [2.75, 3.05) is 11.9 Å². The SMILES string of the molecule is CCCNC(=O)c1cc(C(=O)Nc2ccc(OC(C)C)cc2)ccn1. The van der Waals surface area contributed by atoms with Crippen molar-refractivity contribution < 1.29 is 14.3 Å². The lowest BCUT2D eigenvalue weighted by Gasteiger charge is -2.11. The number of hydrogen-bond donors (Lipinski definition) is 2. The number of carbonyl (C=O) groups excluding carboxylic acids is 2. The Morgan fingerprint density at radius 1 is 1.12 bits per heavy atom. The molecule has 1 aromatic heterocycles. The average Bonchev–Trinajstić information content (AvgIpc) is 2.61. The molecule has 132 valence electrons. The molecule has 1 heterocycles. The van der Waals surface area contributed by atoms with Crippen LogP contribution in [0, 0.1) is 0 Å². The molecule has 0 unspecified atom stereocenters. The number of amides is 2. The van der Waals surface area contributed by atoms with Crippen molar-refractivity contribution in [3.8, 4) is 5.75 Å². The fourth-order valence-electron chi connectivity index (χ4n) is 2.12. The Balaban J connectivity index is 2.04. The Bertz CT molecular complexity index is 727. The van der Waals surface area contributed by atoms with Crippen molar-refractivity contribution in [1.82, 2.24) is 10.3 Å². The molecule has 1 aromatic carbocycles. The van der Waals surface area contributed by atoms with Gasteiger partial charge in [0.2, 0.25) is 0 Å². The van der Waals surface area contributed by atoms with Crippen LogP contribution in [-0.2, 0) is 0 Å². The van der Waals surface area contributed by atoms with E-state index in [0.29, 0.717) is 17.8 Å². The predicted molar refractivity (Wildman–Crippen MR) is 97.0 cm³/mol. The zero-order valence-electron chi connectivity index (χ0n) is 14.7. The summed E-state index contributed by atoms with van der Waals surface area (Å²) in [6, 6.07) is 10.2. The van der Waals surface area contributed by atoms with Gasteiger partial charge < -0.3 is 15.4 Å². The van der Waals surface area contributed by atoms with E-state index in [2.05, 4.69) is 15.6 Å². The number of benzene rings is 1. The lowest BCUT2D eigenvalue weighted by atomic mass is 10.2. The highest BCUT2D eigenvalue weighted by Crippen LogP contribution is 2.17. The van der Waals surface area contributed by atoms with Crippen molar-refractivity contribution >= 4 is 17.5 Å². The van der Waals surface area contributed by atoms with Crippen LogP contribution in [0.25, 0.3) is 0 Å². The van der Waals surface area contributed by atoms with Gasteiger partial charge in [-0.3, -0.25) is 14.6 Å². The molecule has 25 heavy (non-hydrogen) atoms. The predicted octanol–water partition coefficient (Wildman–Crippen LogP) is 3.26. The monoisotopic (exact) mass is 341 g/mol. The fraction of sp³-hybridized carbons (Fsp3) is 0.316. The van der Waals surface area contributed by atoms with Crippen LogP contribution < -0.4 is 15.4 Å². The third kappa shape index (κ3) is 5.60. The molecule has 0 fully saturated rings. The molecule has 0 aliphatic carbocycles. The summed E-state index contributed by atoms with van der Waals surface area (Å²) in [5.41, 5.74) is 1.25. The minimum atomic E-state index is -0.301. The number of hydrogen-bond acceptors (Lipinski definition) is 4. The van der Waals surface area contributed by atoms with E-state index in [1.54, 1.807) is 30.3 Å². The molecule has 2 rings (SSSR count). The third-order valence-corrected chi connectivity index (χ3v) is 3.27. The molecule has 2 amide bonds. The van der Waals surface area contributed by atoms with Gasteiger partial charge in [0, 0.05) is 24.0 Å². The molecular weight excluding hydrogens is 318 g/mol. The summed E-state index contributed by atoms with van der Waals surface area (Å²) in [4.78, 5) is 28.3. The number of nitrogens with zero attached hydrogens (tertiary/aromatic N) is 1. The number of carbonyl (C=O) groups is 2. The van der Waals surface area contributed by atoms with Gasteiger partial charge in [-0.05, 0) is 56.7 Å². The molecule has 2 aromatic rings. The lowest BCUT2D eigenvalue weighted by Crippen LogP contribution is -2.25. The zero-order chi connectivity index (χ0) is 18.2. The van der Waals surface area contributed by atoms with Gasteiger partial charge in [-0.2, -0.15) is 0 Å². The highest BCUT2D eigenvalue weighted by Gasteiger charge is 2.12. The van der Waals surface area contributed by atoms with Crippen molar-refractivity contribution in [1.29, 1.82) is 0 Å². The molecule has 0 radical (unpaired) electrons. The van der Waals surface area contributed by atoms with Crippen molar-refractivity contribution in [3.63, 3.8) is 0 Å². The molecule has 0 aliphatic rings. The molecule has 0 bridgehead atoms. The van der Waals surface area contributed by atoms with Crippen LogP contribution in [0.1, 0.15) is 48.0 Å². The van der Waals surface area contributed by atoms with Gasteiger partial charge in [0.15, 0.2) is 0 Å². The van der Waals surface area contributed by atoms with Gasteiger partial charge in [0.05, 0.1) is 6.10 Å². The Labute approximate surface area is 147 Å². The first-order valence-corrected chi connectivity index (χ1v) is 8.32. The smallest absolute Gasteiger partial charge is 0.269 e. The molecule has 6 nitrogen and oxygen atoms in total. The van der Waals surface area contributed by atoms with E-state index in [4.69, 9.17) is 4.74 Å². The number of ether oxygens (including phenoxy) is 1. The summed E-state index contributed by atoms with van der Waals surface area (Å²) in [7, 11) is 0. The van der Waals surface area contributed by atoms with Gasteiger partial charge in [-0.15, -0.1) is 0 Å². The molecular formula is C19H23N3O3. The Morgan fingerprint density at radius 2 is 1.84 bits per heavy atom. The maximum Gasteiger partial charge on any atom is 0.269 e. The zero-order valence-corrected chi connectivity index (χ0v) is 14.7. The van der Waals surface area contributed by atoms with E-state index in [1.165, 1.54) is 12.3 Å². The third-order valence-electron chi connectivity index (χ3n) is 3.27. The minimum Gasteiger partial charge on any atom is -0.491 e. The molecule has 0 saturated carbocycles. The highest BCUT2D eigenvalue weighted by atomic mass is 16.5. The van der Waals surface area contributed by atoms with E-state index >= 15 is 0 Å². The lowest BCUT2D eigenvalue weighted by molar-refractivity contribution is 0.0948. The van der Waals surface area contributed by atoms with Gasteiger partial charge >= 0.3 is 0 Å². The first-order valence-electron chi connectivity index (χ1n) is 8.32. The van der Waals surface area contributed by atoms with E-state index < -0.39 is 0 Å². The topological polar surface area (TPSA) is 80.3 Å². The summed E-state index contributed by atoms with van der Waals surface area (Å²) in [6.45, 7) is 6.44. The van der Waals surface area contributed by atoms with Gasteiger partial charge in [-0.1, -0.05) is 6.92 Å². The van der Waals surface area contributed by atoms with E-state index in [0.717, 1.165) is 12.2 Å². The number of aromatic nitrogens is 1. The largest absolute Gasteiger partial charge is 0.491 e. The quantitative estimate of drug-likeness (QED) is 0.810. The maximum atomic E-state index is 12.4. The van der Waals surface area contributed by atoms with E-state index in [1.807, 2.05) is 20.8 Å². The first kappa shape index (κ1) is 18.4. The first-order chi connectivity index (χ1) is 12.0. The minimum absolute atomic E-state index is 0.0922. The highest BCUT2D eigenvalue weighted by molar-refractivity contribution is 6.05. The Morgan fingerprint density at radius 3 is 2.48 bits per heavy atom. The maximum absolute atomic E-state index is 12.4. The second-order valence-corrected chi connectivity index (χ2v) is 5.83. The number of nitrogens with one attached hydrogen (secondary N) is 2. The van der Waals surface area contributed by atoms with E-state index in [9.17, 15) is 9.59 Å². The summed E-state index contributed by atoms with van der Waals surface area (Å²) < 4.78 is 5.57. The van der Waals surface area contributed by atoms with Crippen LogP contribution in [-0.4, -0.2) is 29.4 Å². The molecule has 2 N–H and O–H groups in total. The van der Waals surface area contributed by atoms with Crippen LogP contribution in [0.4, 0.5) is 5.69 Å². The number of rotatable bonds is 7. The van der Waals surface area contributed by atoms with Crippen LogP contribution in [0.3, 0.4) is 0 Å². The summed E-state index contributed by atoms with van der Waals surface area (Å²) in [6.07, 6.45) is 2.38. The standard InChI is InChI=1S/C19H23N3O3/c1-4-10-21-19(24)17-12-14(9-11-20-17)18(23)22-15-5-7-16(8-6-15)25-13(2)3/h5-9,11-13H,4,10H2,1-3H3,(H,21,24)(H,22,23). The number of anilines is 1. The van der Waals surface area contributed by atoms with Crippen LogP contribution in [0.5, 0.6) is 5.75 Å². The van der Waals surface area contributed by atoms with Gasteiger partial charge in [0.25, 0.3) is 11.8 Å². The number of pyridine rings is 1. The van der Waals surface area contributed by atoms with Gasteiger partial charge in [0.1, 0.15) is 11.4 Å². The average molecular weight is 341 g/mol. The molecule has 6 heteroatoms. The van der Waals surface area contributed by atoms with Crippen LogP contribution in [0.2, 0.25) is 0 Å². The molecule has 0 atom stereocenters.